The van der Waals surface area contributed by atoms with Gasteiger partial charge in [-0.3, -0.25) is 9.56 Å². The molecule has 0 aliphatic carbocycles. The predicted molar refractivity (Wildman–Crippen MR) is 88.8 cm³/mol. The fourth-order valence-electron chi connectivity index (χ4n) is 2.61. The number of aromatic hydroxyl groups is 1. The summed E-state index contributed by atoms with van der Waals surface area (Å²) in [6.45, 7) is 4.70. The number of aliphatic imine (C=N–C) groups is 1. The molecule has 108 valence electrons. The summed E-state index contributed by atoms with van der Waals surface area (Å²) in [5.74, 6) is 0.170. The molecule has 5 heteroatoms. The highest BCUT2D eigenvalue weighted by molar-refractivity contribution is 7.71. The van der Waals surface area contributed by atoms with Gasteiger partial charge in [0.2, 0.25) is 5.88 Å². The SMILES string of the molecule is CCc1cccc2c1N=CC2=Cc1[nH]c(=S)n(CC)c1O. The van der Waals surface area contributed by atoms with Gasteiger partial charge < -0.3 is 10.1 Å². The van der Waals surface area contributed by atoms with Crippen molar-refractivity contribution >= 4 is 35.8 Å². The maximum Gasteiger partial charge on any atom is 0.217 e. The third-order valence-electron chi connectivity index (χ3n) is 3.74. The van der Waals surface area contributed by atoms with Gasteiger partial charge in [0.05, 0.1) is 5.69 Å². The maximum absolute atomic E-state index is 10.2. The van der Waals surface area contributed by atoms with Crippen LogP contribution in [0.15, 0.2) is 23.2 Å². The Kier molecular flexibility index (Phi) is 3.51. The lowest BCUT2D eigenvalue weighted by Crippen LogP contribution is -1.92. The van der Waals surface area contributed by atoms with Crippen molar-refractivity contribution < 1.29 is 5.11 Å². The lowest BCUT2D eigenvalue weighted by atomic mass is 10.0. The number of aryl methyl sites for hydroxylation is 1. The largest absolute Gasteiger partial charge is 0.493 e. The van der Waals surface area contributed by atoms with Crippen LogP contribution in [0.3, 0.4) is 0 Å². The normalized spacial score (nSPS) is 14.9. The Hall–Kier alpha value is -2.14. The van der Waals surface area contributed by atoms with Crippen molar-refractivity contribution in [2.45, 2.75) is 26.8 Å². The third kappa shape index (κ3) is 2.23. The highest BCUT2D eigenvalue weighted by Crippen LogP contribution is 2.36. The molecular formula is C16H17N3OS. The van der Waals surface area contributed by atoms with Crippen LogP contribution in [0, 0.1) is 4.77 Å². The van der Waals surface area contributed by atoms with Crippen molar-refractivity contribution in [1.29, 1.82) is 0 Å². The maximum atomic E-state index is 10.2. The highest BCUT2D eigenvalue weighted by Gasteiger charge is 2.16. The van der Waals surface area contributed by atoms with E-state index < -0.39 is 0 Å². The molecule has 0 unspecified atom stereocenters. The second-order valence-corrected chi connectivity index (χ2v) is 5.32. The van der Waals surface area contributed by atoms with E-state index in [1.165, 1.54) is 5.56 Å². The number of allylic oxidation sites excluding steroid dienone is 1. The molecule has 2 N–H and O–H groups in total. The van der Waals surface area contributed by atoms with Crippen LogP contribution in [0.1, 0.15) is 30.7 Å². The van der Waals surface area contributed by atoms with E-state index in [1.807, 2.05) is 25.3 Å². The molecule has 2 aromatic rings. The van der Waals surface area contributed by atoms with Gasteiger partial charge >= 0.3 is 0 Å². The lowest BCUT2D eigenvalue weighted by molar-refractivity contribution is 0.419. The molecule has 21 heavy (non-hydrogen) atoms. The minimum atomic E-state index is 0.170. The first kappa shape index (κ1) is 13.8. The number of hydrogen-bond acceptors (Lipinski definition) is 3. The van der Waals surface area contributed by atoms with Crippen LogP contribution in [0.2, 0.25) is 0 Å². The molecule has 0 fully saturated rings. The molecule has 2 heterocycles. The van der Waals surface area contributed by atoms with E-state index in [2.05, 4.69) is 29.0 Å². The summed E-state index contributed by atoms with van der Waals surface area (Å²) in [5.41, 5.74) is 4.96. The van der Waals surface area contributed by atoms with Crippen LogP contribution in [0.4, 0.5) is 5.69 Å². The number of nitrogens with one attached hydrogen (secondary N) is 1. The lowest BCUT2D eigenvalue weighted by Gasteiger charge is -2.04. The molecule has 3 rings (SSSR count). The van der Waals surface area contributed by atoms with Gasteiger partial charge in [0.15, 0.2) is 4.77 Å². The van der Waals surface area contributed by atoms with Crippen molar-refractivity contribution in [3.05, 3.63) is 39.8 Å². The average Bonchev–Trinajstić information content (AvgIpc) is 3.01. The van der Waals surface area contributed by atoms with Gasteiger partial charge in [-0.25, -0.2) is 0 Å². The molecule has 0 radical (unpaired) electrons. The number of fused-ring (bicyclic) bond motifs is 1. The van der Waals surface area contributed by atoms with Gasteiger partial charge in [-0.2, -0.15) is 0 Å². The summed E-state index contributed by atoms with van der Waals surface area (Å²) in [6.07, 6.45) is 4.68. The van der Waals surface area contributed by atoms with Gasteiger partial charge in [0.25, 0.3) is 0 Å². The first-order valence-electron chi connectivity index (χ1n) is 7.05. The van der Waals surface area contributed by atoms with Gasteiger partial charge in [-0.1, -0.05) is 25.1 Å². The molecule has 0 amide bonds. The average molecular weight is 299 g/mol. The fourth-order valence-corrected chi connectivity index (χ4v) is 2.94. The number of hydrogen-bond donors (Lipinski definition) is 2. The summed E-state index contributed by atoms with van der Waals surface area (Å²) >= 11 is 5.20. The van der Waals surface area contributed by atoms with Crippen molar-refractivity contribution in [3.8, 4) is 5.88 Å². The predicted octanol–water partition coefficient (Wildman–Crippen LogP) is 4.09. The molecule has 1 aromatic heterocycles. The summed E-state index contributed by atoms with van der Waals surface area (Å²) in [6, 6.07) is 6.19. The number of rotatable bonds is 3. The molecular weight excluding hydrogens is 282 g/mol. The Labute approximate surface area is 128 Å². The second-order valence-electron chi connectivity index (χ2n) is 4.94. The highest BCUT2D eigenvalue weighted by atomic mass is 32.1. The van der Waals surface area contributed by atoms with E-state index in [9.17, 15) is 5.11 Å². The monoisotopic (exact) mass is 299 g/mol. The van der Waals surface area contributed by atoms with Crippen molar-refractivity contribution in [1.82, 2.24) is 9.55 Å². The zero-order valence-electron chi connectivity index (χ0n) is 12.1. The van der Waals surface area contributed by atoms with E-state index in [0.717, 1.165) is 23.2 Å². The second kappa shape index (κ2) is 5.33. The minimum Gasteiger partial charge on any atom is -0.493 e. The quantitative estimate of drug-likeness (QED) is 0.839. The molecule has 0 bridgehead atoms. The number of para-hydroxylation sites is 1. The summed E-state index contributed by atoms with van der Waals surface area (Å²) in [4.78, 5) is 7.54. The summed E-state index contributed by atoms with van der Waals surface area (Å²) in [5, 5.41) is 10.2. The number of aromatic nitrogens is 2. The molecule has 1 aliphatic heterocycles. The molecule has 1 aromatic carbocycles. The summed E-state index contributed by atoms with van der Waals surface area (Å²) < 4.78 is 2.19. The van der Waals surface area contributed by atoms with E-state index in [1.54, 1.807) is 4.57 Å². The van der Waals surface area contributed by atoms with Gasteiger partial charge in [0.1, 0.15) is 5.69 Å². The molecule has 0 atom stereocenters. The Morgan fingerprint density at radius 2 is 2.19 bits per heavy atom. The first-order chi connectivity index (χ1) is 10.2. The van der Waals surface area contributed by atoms with Crippen LogP contribution in [-0.2, 0) is 13.0 Å². The number of imidazole rings is 1. The zero-order valence-corrected chi connectivity index (χ0v) is 12.9. The number of nitrogens with zero attached hydrogens (tertiary/aromatic N) is 2. The van der Waals surface area contributed by atoms with Crippen molar-refractivity contribution in [3.63, 3.8) is 0 Å². The standard InChI is InChI=1S/C16H17N3OS/c1-3-10-6-5-7-12-11(9-17-14(10)12)8-13-15(20)19(4-2)16(21)18-13/h5-9,20H,3-4H2,1-2H3,(H,18,21). The Morgan fingerprint density at radius 1 is 1.38 bits per heavy atom. The van der Waals surface area contributed by atoms with Gasteiger partial charge in [-0.05, 0) is 37.2 Å². The van der Waals surface area contributed by atoms with E-state index in [4.69, 9.17) is 12.2 Å². The van der Waals surface area contributed by atoms with E-state index in [0.29, 0.717) is 17.0 Å². The smallest absolute Gasteiger partial charge is 0.217 e. The molecule has 4 nitrogen and oxygen atoms in total. The molecule has 0 saturated carbocycles. The Balaban J connectivity index is 2.10. The number of H-pyrrole nitrogens is 1. The fraction of sp³-hybridized carbons (Fsp3) is 0.250. The van der Waals surface area contributed by atoms with E-state index in [-0.39, 0.29) is 5.88 Å². The molecule has 1 aliphatic rings. The van der Waals surface area contributed by atoms with Crippen LogP contribution in [-0.4, -0.2) is 20.9 Å². The summed E-state index contributed by atoms with van der Waals surface area (Å²) in [7, 11) is 0. The van der Waals surface area contributed by atoms with Crippen LogP contribution >= 0.6 is 12.2 Å². The zero-order chi connectivity index (χ0) is 15.0. The third-order valence-corrected chi connectivity index (χ3v) is 4.07. The molecule has 0 spiro atoms. The van der Waals surface area contributed by atoms with Crippen LogP contribution < -0.4 is 0 Å². The van der Waals surface area contributed by atoms with E-state index >= 15 is 0 Å². The number of aromatic amines is 1. The van der Waals surface area contributed by atoms with Crippen LogP contribution in [0.25, 0.3) is 11.6 Å². The van der Waals surface area contributed by atoms with Gasteiger partial charge in [-0.15, -0.1) is 0 Å². The van der Waals surface area contributed by atoms with Crippen molar-refractivity contribution in [2.75, 3.05) is 0 Å². The Morgan fingerprint density at radius 3 is 2.86 bits per heavy atom. The van der Waals surface area contributed by atoms with Crippen LogP contribution in [0.5, 0.6) is 5.88 Å². The minimum absolute atomic E-state index is 0.170. The number of benzene rings is 1. The van der Waals surface area contributed by atoms with Gasteiger partial charge in [0, 0.05) is 23.9 Å². The first-order valence-corrected chi connectivity index (χ1v) is 7.46. The molecule has 0 saturated heterocycles. The van der Waals surface area contributed by atoms with Crippen molar-refractivity contribution in [2.24, 2.45) is 4.99 Å². The Bertz CT molecular complexity index is 811. The topological polar surface area (TPSA) is 53.3 Å².